The van der Waals surface area contributed by atoms with E-state index in [0.717, 1.165) is 24.6 Å². The lowest BCUT2D eigenvalue weighted by Crippen LogP contribution is -2.33. The van der Waals surface area contributed by atoms with Gasteiger partial charge in [-0.15, -0.1) is 16.8 Å². The molecule has 1 saturated heterocycles. The molecule has 2 heterocycles. The van der Waals surface area contributed by atoms with E-state index in [9.17, 15) is 9.18 Å². The molecule has 1 aromatic carbocycles. The van der Waals surface area contributed by atoms with E-state index in [4.69, 9.17) is 0 Å². The second-order valence-corrected chi connectivity index (χ2v) is 8.53. The van der Waals surface area contributed by atoms with E-state index in [0.29, 0.717) is 11.7 Å². The summed E-state index contributed by atoms with van der Waals surface area (Å²) in [5.41, 5.74) is 0.788. The van der Waals surface area contributed by atoms with Crippen LogP contribution in [-0.4, -0.2) is 50.5 Å². The van der Waals surface area contributed by atoms with E-state index in [1.807, 2.05) is 11.5 Å². The maximum absolute atomic E-state index is 13.5. The summed E-state index contributed by atoms with van der Waals surface area (Å²) in [6.45, 7) is 10.1. The van der Waals surface area contributed by atoms with Crippen molar-refractivity contribution in [3.8, 4) is 5.69 Å². The van der Waals surface area contributed by atoms with Crippen molar-refractivity contribution in [2.24, 2.45) is 0 Å². The summed E-state index contributed by atoms with van der Waals surface area (Å²) < 4.78 is 15.4. The Bertz CT molecular complexity index is 832. The number of likely N-dealkylation sites (tertiary alicyclic amines) is 1. The molecule has 1 aliphatic rings. The molecule has 0 radical (unpaired) electrons. The van der Waals surface area contributed by atoms with Crippen LogP contribution in [0.15, 0.2) is 42.1 Å². The van der Waals surface area contributed by atoms with Crippen molar-refractivity contribution in [2.45, 2.75) is 49.6 Å². The molecule has 3 rings (SSSR count). The summed E-state index contributed by atoms with van der Waals surface area (Å²) >= 11 is 1.34. The highest BCUT2D eigenvalue weighted by atomic mass is 32.2. The van der Waals surface area contributed by atoms with Gasteiger partial charge in [-0.05, 0) is 64.0 Å². The minimum absolute atomic E-state index is 0.0760. The minimum Gasteiger partial charge on any atom is -0.352 e. The first-order valence-electron chi connectivity index (χ1n) is 10.0. The fourth-order valence-electron chi connectivity index (χ4n) is 3.46. The zero-order chi connectivity index (χ0) is 20.8. The Kier molecular flexibility index (Phi) is 7.44. The van der Waals surface area contributed by atoms with E-state index in [2.05, 4.69) is 33.9 Å². The molecular formula is C21H28FN5OS. The quantitative estimate of drug-likeness (QED) is 0.524. The summed E-state index contributed by atoms with van der Waals surface area (Å²) in [4.78, 5) is 14.7. The molecule has 0 bridgehead atoms. The predicted octanol–water partition coefficient (Wildman–Crippen LogP) is 3.74. The van der Waals surface area contributed by atoms with Gasteiger partial charge in [0.25, 0.3) is 0 Å². The average molecular weight is 418 g/mol. The number of amides is 1. The molecule has 2 aromatic rings. The van der Waals surface area contributed by atoms with Crippen LogP contribution in [0.5, 0.6) is 0 Å². The fourth-order valence-corrected chi connectivity index (χ4v) is 4.36. The maximum atomic E-state index is 13.5. The number of carbonyl (C=O) groups is 1. The number of carbonyl (C=O) groups excluding carboxylic acids is 1. The normalized spacial score (nSPS) is 16.9. The second kappa shape index (κ2) is 10.0. The lowest BCUT2D eigenvalue weighted by atomic mass is 10.1. The van der Waals surface area contributed by atoms with Gasteiger partial charge >= 0.3 is 0 Å². The Balaban J connectivity index is 1.91. The van der Waals surface area contributed by atoms with Gasteiger partial charge in [0.1, 0.15) is 5.82 Å². The second-order valence-electron chi connectivity index (χ2n) is 7.22. The SMILES string of the molecule is C=CCNC(=O)[C@H](C)Sc1nnc([C@@H](C)N2CCCCC2)n1-c1ccc(F)cc1. The standard InChI is InChI=1S/C21H28FN5OS/c1-4-12-23-20(28)16(3)29-21-25-24-19(15(2)26-13-6-5-7-14-26)27(21)18-10-8-17(22)9-11-18/h4,8-11,15-16H,1,5-7,12-14H2,2-3H3,(H,23,28)/t15-,16+/m1/s1. The zero-order valence-corrected chi connectivity index (χ0v) is 17.8. The number of thioether (sulfide) groups is 1. The highest BCUT2D eigenvalue weighted by Crippen LogP contribution is 2.31. The summed E-state index contributed by atoms with van der Waals surface area (Å²) in [6.07, 6.45) is 5.26. The molecule has 29 heavy (non-hydrogen) atoms. The maximum Gasteiger partial charge on any atom is 0.233 e. The van der Waals surface area contributed by atoms with Gasteiger partial charge in [0.2, 0.25) is 5.91 Å². The number of hydrogen-bond acceptors (Lipinski definition) is 5. The Hall–Kier alpha value is -2.19. The van der Waals surface area contributed by atoms with Crippen LogP contribution in [0.4, 0.5) is 4.39 Å². The van der Waals surface area contributed by atoms with Crippen molar-refractivity contribution in [3.05, 3.63) is 48.6 Å². The molecule has 8 heteroatoms. The average Bonchev–Trinajstić information content (AvgIpc) is 3.16. The first kappa shape index (κ1) is 21.5. The highest BCUT2D eigenvalue weighted by Gasteiger charge is 2.27. The van der Waals surface area contributed by atoms with E-state index in [-0.39, 0.29) is 23.0 Å². The van der Waals surface area contributed by atoms with Crippen LogP contribution < -0.4 is 5.32 Å². The Morgan fingerprint density at radius 1 is 1.24 bits per heavy atom. The molecule has 1 aliphatic heterocycles. The van der Waals surface area contributed by atoms with Crippen molar-refractivity contribution in [2.75, 3.05) is 19.6 Å². The molecule has 0 spiro atoms. The monoisotopic (exact) mass is 417 g/mol. The van der Waals surface area contributed by atoms with Crippen LogP contribution in [0, 0.1) is 5.82 Å². The van der Waals surface area contributed by atoms with Gasteiger partial charge in [-0.25, -0.2) is 4.39 Å². The van der Waals surface area contributed by atoms with Crippen molar-refractivity contribution in [1.82, 2.24) is 25.0 Å². The van der Waals surface area contributed by atoms with Gasteiger partial charge in [0, 0.05) is 12.2 Å². The smallest absolute Gasteiger partial charge is 0.233 e. The summed E-state index contributed by atoms with van der Waals surface area (Å²) in [7, 11) is 0. The van der Waals surface area contributed by atoms with Gasteiger partial charge in [-0.2, -0.15) is 0 Å². The van der Waals surface area contributed by atoms with Crippen LogP contribution in [0.2, 0.25) is 0 Å². The molecule has 1 N–H and O–H groups in total. The van der Waals surface area contributed by atoms with Crippen LogP contribution >= 0.6 is 11.8 Å². The first-order valence-corrected chi connectivity index (χ1v) is 10.9. The van der Waals surface area contributed by atoms with E-state index in [1.165, 1.54) is 43.2 Å². The predicted molar refractivity (Wildman–Crippen MR) is 114 cm³/mol. The van der Waals surface area contributed by atoms with Crippen LogP contribution in [0.3, 0.4) is 0 Å². The Morgan fingerprint density at radius 3 is 2.59 bits per heavy atom. The number of nitrogens with zero attached hydrogens (tertiary/aromatic N) is 4. The molecule has 1 aromatic heterocycles. The topological polar surface area (TPSA) is 63.1 Å². The number of hydrogen-bond donors (Lipinski definition) is 1. The molecule has 0 saturated carbocycles. The van der Waals surface area contributed by atoms with E-state index in [1.54, 1.807) is 18.2 Å². The first-order chi connectivity index (χ1) is 14.0. The van der Waals surface area contributed by atoms with Crippen molar-refractivity contribution < 1.29 is 9.18 Å². The third-order valence-electron chi connectivity index (χ3n) is 5.13. The van der Waals surface area contributed by atoms with Crippen molar-refractivity contribution in [1.29, 1.82) is 0 Å². The Morgan fingerprint density at radius 2 is 1.93 bits per heavy atom. The summed E-state index contributed by atoms with van der Waals surface area (Å²) in [5, 5.41) is 11.9. The molecule has 1 amide bonds. The molecule has 6 nitrogen and oxygen atoms in total. The van der Waals surface area contributed by atoms with Gasteiger partial charge in [-0.1, -0.05) is 24.3 Å². The minimum atomic E-state index is -0.350. The molecular weight excluding hydrogens is 389 g/mol. The lowest BCUT2D eigenvalue weighted by Gasteiger charge is -2.32. The number of halogens is 1. The summed E-state index contributed by atoms with van der Waals surface area (Å²) in [5.74, 6) is 0.424. The van der Waals surface area contributed by atoms with Crippen LogP contribution in [0.25, 0.3) is 5.69 Å². The number of benzene rings is 1. The van der Waals surface area contributed by atoms with E-state index < -0.39 is 0 Å². The fraction of sp³-hybridized carbons (Fsp3) is 0.476. The van der Waals surface area contributed by atoms with Gasteiger partial charge in [-0.3, -0.25) is 14.3 Å². The van der Waals surface area contributed by atoms with E-state index >= 15 is 0 Å². The number of aromatic nitrogens is 3. The zero-order valence-electron chi connectivity index (χ0n) is 17.0. The Labute approximate surface area is 175 Å². The van der Waals surface area contributed by atoms with Crippen LogP contribution in [-0.2, 0) is 4.79 Å². The van der Waals surface area contributed by atoms with Crippen molar-refractivity contribution >= 4 is 17.7 Å². The van der Waals surface area contributed by atoms with Gasteiger partial charge < -0.3 is 5.32 Å². The largest absolute Gasteiger partial charge is 0.352 e. The molecule has 0 unspecified atom stereocenters. The van der Waals surface area contributed by atoms with Gasteiger partial charge in [0.15, 0.2) is 11.0 Å². The number of nitrogens with one attached hydrogen (secondary N) is 1. The number of piperidine rings is 1. The van der Waals surface area contributed by atoms with Crippen molar-refractivity contribution in [3.63, 3.8) is 0 Å². The van der Waals surface area contributed by atoms with Gasteiger partial charge in [0.05, 0.1) is 11.3 Å². The molecule has 0 aliphatic carbocycles. The van der Waals surface area contributed by atoms with Crippen LogP contribution in [0.1, 0.15) is 45.0 Å². The summed E-state index contributed by atoms with van der Waals surface area (Å²) in [6, 6.07) is 6.38. The third-order valence-corrected chi connectivity index (χ3v) is 6.17. The molecule has 156 valence electrons. The molecule has 2 atom stereocenters. The number of rotatable bonds is 8. The molecule has 1 fully saturated rings. The highest BCUT2D eigenvalue weighted by molar-refractivity contribution is 8.00. The lowest BCUT2D eigenvalue weighted by molar-refractivity contribution is -0.120. The third kappa shape index (κ3) is 5.25.